The Morgan fingerprint density at radius 2 is 2.04 bits per heavy atom. The fourth-order valence-corrected chi connectivity index (χ4v) is 3.32. The fourth-order valence-electron chi connectivity index (χ4n) is 3.32. The van der Waals surface area contributed by atoms with Gasteiger partial charge in [-0.2, -0.15) is 0 Å². The van der Waals surface area contributed by atoms with E-state index in [1.54, 1.807) is 0 Å². The van der Waals surface area contributed by atoms with Crippen molar-refractivity contribution in [1.29, 1.82) is 0 Å². The Bertz CT molecular complexity index is 571. The molecule has 24 heavy (non-hydrogen) atoms. The lowest BCUT2D eigenvalue weighted by atomic mass is 10.1. The van der Waals surface area contributed by atoms with Crippen LogP contribution in [0.15, 0.2) is 4.99 Å². The lowest BCUT2D eigenvalue weighted by Crippen LogP contribution is -2.58. The number of ether oxygens (including phenoxy) is 1. The Morgan fingerprint density at radius 1 is 1.33 bits per heavy atom. The van der Waals surface area contributed by atoms with Crippen LogP contribution in [0.25, 0.3) is 0 Å². The van der Waals surface area contributed by atoms with Crippen LogP contribution in [0.5, 0.6) is 0 Å². The van der Waals surface area contributed by atoms with Crippen LogP contribution < -0.4 is 11.1 Å². The molecular formula is C13H21N5O6. The number of carbonyl (C=O) groups is 2. The summed E-state index contributed by atoms with van der Waals surface area (Å²) in [6.45, 7) is 1.65. The summed E-state index contributed by atoms with van der Waals surface area (Å²) in [5.74, 6) is -0.604. The van der Waals surface area contributed by atoms with Gasteiger partial charge in [0, 0.05) is 6.54 Å². The minimum Gasteiger partial charge on any atom is -0.394 e. The van der Waals surface area contributed by atoms with E-state index in [0.717, 1.165) is 4.90 Å². The lowest BCUT2D eigenvalue weighted by molar-refractivity contribution is -0.126. The van der Waals surface area contributed by atoms with Crippen LogP contribution in [-0.2, 0) is 9.53 Å². The van der Waals surface area contributed by atoms with Crippen LogP contribution in [0.1, 0.15) is 13.3 Å². The van der Waals surface area contributed by atoms with E-state index in [0.29, 0.717) is 13.0 Å². The maximum atomic E-state index is 12.8. The Morgan fingerprint density at radius 3 is 2.62 bits per heavy atom. The second kappa shape index (κ2) is 6.16. The van der Waals surface area contributed by atoms with Crippen molar-refractivity contribution in [1.82, 2.24) is 15.1 Å². The molecule has 6 N–H and O–H groups in total. The zero-order valence-corrected chi connectivity index (χ0v) is 13.1. The predicted octanol–water partition coefficient (Wildman–Crippen LogP) is -3.29. The predicted molar refractivity (Wildman–Crippen MR) is 79.3 cm³/mol. The van der Waals surface area contributed by atoms with Crippen molar-refractivity contribution < 1.29 is 29.6 Å². The van der Waals surface area contributed by atoms with Crippen LogP contribution in [-0.4, -0.2) is 92.9 Å². The third kappa shape index (κ3) is 2.40. The van der Waals surface area contributed by atoms with E-state index in [2.05, 4.69) is 10.3 Å². The smallest absolute Gasteiger partial charge is 0.324 e. The van der Waals surface area contributed by atoms with E-state index < -0.39 is 55.3 Å². The molecule has 3 amide bonds. The number of amides is 3. The van der Waals surface area contributed by atoms with E-state index >= 15 is 0 Å². The number of nitrogens with zero attached hydrogens (tertiary/aromatic N) is 3. The fraction of sp³-hybridized carbons (Fsp3) is 0.769. The third-order valence-corrected chi connectivity index (χ3v) is 4.42. The molecule has 3 aliphatic rings. The molecule has 0 saturated carbocycles. The molecule has 11 nitrogen and oxygen atoms in total. The molecule has 6 unspecified atom stereocenters. The number of aliphatic imine (C=N–C) groups is 1. The van der Waals surface area contributed by atoms with Crippen LogP contribution in [0.4, 0.5) is 4.79 Å². The van der Waals surface area contributed by atoms with E-state index in [-0.39, 0.29) is 5.96 Å². The average molecular weight is 343 g/mol. The van der Waals surface area contributed by atoms with Gasteiger partial charge in [-0.05, 0) is 6.42 Å². The Kier molecular flexibility index (Phi) is 4.34. The van der Waals surface area contributed by atoms with Crippen LogP contribution in [0.2, 0.25) is 0 Å². The third-order valence-electron chi connectivity index (χ3n) is 4.42. The number of aliphatic hydroxyl groups excluding tert-OH is 3. The zero-order chi connectivity index (χ0) is 17.6. The van der Waals surface area contributed by atoms with E-state index in [9.17, 15) is 24.9 Å². The summed E-state index contributed by atoms with van der Waals surface area (Å²) in [7, 11) is 0. The molecule has 0 aromatic heterocycles. The molecule has 2 fully saturated rings. The van der Waals surface area contributed by atoms with E-state index in [4.69, 9.17) is 10.5 Å². The van der Waals surface area contributed by atoms with Crippen molar-refractivity contribution in [3.8, 4) is 0 Å². The number of fused-ring (bicyclic) bond motifs is 1. The van der Waals surface area contributed by atoms with Gasteiger partial charge in [-0.3, -0.25) is 15.0 Å². The van der Waals surface area contributed by atoms with Gasteiger partial charge in [-0.1, -0.05) is 6.92 Å². The highest BCUT2D eigenvalue weighted by Crippen LogP contribution is 2.34. The van der Waals surface area contributed by atoms with Gasteiger partial charge in [-0.25, -0.2) is 9.79 Å². The first-order valence-corrected chi connectivity index (χ1v) is 7.76. The average Bonchev–Trinajstić information content (AvgIpc) is 2.96. The first-order valence-electron chi connectivity index (χ1n) is 7.76. The van der Waals surface area contributed by atoms with Gasteiger partial charge in [0.05, 0.1) is 6.61 Å². The number of rotatable bonds is 4. The van der Waals surface area contributed by atoms with Gasteiger partial charge in [-0.15, -0.1) is 0 Å². The van der Waals surface area contributed by atoms with Crippen molar-refractivity contribution in [2.45, 2.75) is 50.1 Å². The first kappa shape index (κ1) is 16.9. The number of nitrogens with one attached hydrogen (secondary N) is 1. The molecule has 0 aromatic carbocycles. The molecule has 0 bridgehead atoms. The van der Waals surface area contributed by atoms with Gasteiger partial charge in [0.25, 0.3) is 5.91 Å². The summed E-state index contributed by atoms with van der Waals surface area (Å²) in [6.07, 6.45) is -5.41. The molecule has 134 valence electrons. The summed E-state index contributed by atoms with van der Waals surface area (Å²) < 4.78 is 5.42. The number of aliphatic hydroxyl groups is 3. The summed E-state index contributed by atoms with van der Waals surface area (Å²) in [5.41, 5.74) is 5.59. The normalized spacial score (nSPS) is 39.1. The molecular weight excluding hydrogens is 322 g/mol. The molecule has 0 aliphatic carbocycles. The maximum Gasteiger partial charge on any atom is 0.324 e. The second-order valence-electron chi connectivity index (χ2n) is 5.97. The van der Waals surface area contributed by atoms with Crippen molar-refractivity contribution in [3.05, 3.63) is 0 Å². The van der Waals surface area contributed by atoms with Crippen LogP contribution >= 0.6 is 0 Å². The van der Waals surface area contributed by atoms with E-state index in [1.165, 1.54) is 4.90 Å². The molecule has 11 heteroatoms. The minimum atomic E-state index is -1.44. The number of guanidine groups is 1. The number of nitrogens with two attached hydrogens (primary N) is 1. The number of hydrogen-bond donors (Lipinski definition) is 5. The van der Waals surface area contributed by atoms with Crippen molar-refractivity contribution >= 4 is 17.9 Å². The summed E-state index contributed by atoms with van der Waals surface area (Å²) in [6, 6.07) is -1.44. The largest absolute Gasteiger partial charge is 0.394 e. The van der Waals surface area contributed by atoms with Gasteiger partial charge in [0.2, 0.25) is 0 Å². The topological polar surface area (TPSA) is 161 Å². The summed E-state index contributed by atoms with van der Waals surface area (Å²) >= 11 is 0. The quantitative estimate of drug-likeness (QED) is 0.357. The van der Waals surface area contributed by atoms with Gasteiger partial charge in [0.1, 0.15) is 18.3 Å². The molecule has 0 radical (unpaired) electrons. The Balaban J connectivity index is 1.96. The van der Waals surface area contributed by atoms with Gasteiger partial charge in [0.15, 0.2) is 24.4 Å². The molecule has 3 rings (SSSR count). The monoisotopic (exact) mass is 343 g/mol. The Hall–Kier alpha value is -1.95. The number of hydrogen-bond acceptors (Lipinski definition) is 8. The van der Waals surface area contributed by atoms with Gasteiger partial charge >= 0.3 is 6.03 Å². The molecule has 0 aromatic rings. The zero-order valence-electron chi connectivity index (χ0n) is 13.1. The minimum absolute atomic E-state index is 0.135. The summed E-state index contributed by atoms with van der Waals surface area (Å²) in [4.78, 5) is 31.6. The van der Waals surface area contributed by atoms with Gasteiger partial charge < -0.3 is 30.7 Å². The molecule has 2 saturated heterocycles. The van der Waals surface area contributed by atoms with Crippen molar-refractivity contribution in [2.75, 3.05) is 13.2 Å². The number of carbonyl (C=O) groups excluding carboxylic acids is 2. The molecule has 3 aliphatic heterocycles. The van der Waals surface area contributed by atoms with Crippen LogP contribution in [0.3, 0.4) is 0 Å². The Labute approximate surface area is 137 Å². The highest BCUT2D eigenvalue weighted by Gasteiger charge is 2.58. The highest BCUT2D eigenvalue weighted by atomic mass is 16.6. The lowest BCUT2D eigenvalue weighted by Gasteiger charge is -2.31. The second-order valence-corrected chi connectivity index (χ2v) is 5.97. The van der Waals surface area contributed by atoms with Crippen LogP contribution in [0, 0.1) is 0 Å². The highest BCUT2D eigenvalue weighted by molar-refractivity contribution is 6.04. The SMILES string of the molecule is CCCN1C(=O)N(C2OC(CO)C(O)C2O)C2N=C(N)NC(=O)C21. The summed E-state index contributed by atoms with van der Waals surface area (Å²) in [5, 5.41) is 31.7. The molecule has 3 heterocycles. The standard InChI is InChI=1S/C13H21N5O6/c1-2-3-17-6-9(15-12(14)16-10(6)22)18(13(17)23)11-8(21)7(20)5(4-19)24-11/h5-9,11,19-21H,2-4H2,1H3,(H3,14,15,16,22). The van der Waals surface area contributed by atoms with Crippen molar-refractivity contribution in [3.63, 3.8) is 0 Å². The molecule has 6 atom stereocenters. The molecule has 0 spiro atoms. The van der Waals surface area contributed by atoms with Crippen molar-refractivity contribution in [2.24, 2.45) is 10.7 Å². The maximum absolute atomic E-state index is 12.8. The van der Waals surface area contributed by atoms with E-state index in [1.807, 2.05) is 6.92 Å². The number of urea groups is 1. The first-order chi connectivity index (χ1) is 11.4.